The highest BCUT2D eigenvalue weighted by atomic mass is 127. The summed E-state index contributed by atoms with van der Waals surface area (Å²) in [5, 5.41) is 6.54. The molecule has 1 rings (SSSR count). The average molecular weight is 465 g/mol. The summed E-state index contributed by atoms with van der Waals surface area (Å²) in [5.74, 6) is 1.76. The molecule has 0 saturated heterocycles. The number of ether oxygens (including phenoxy) is 3. The molecule has 2 N–H and O–H groups in total. The largest absolute Gasteiger partial charge is 0.493 e. The van der Waals surface area contributed by atoms with Crippen LogP contribution in [0.3, 0.4) is 0 Å². The molecule has 0 amide bonds. The van der Waals surface area contributed by atoms with Gasteiger partial charge in [0.1, 0.15) is 5.75 Å². The SMILES string of the molecule is CN=C(NCCCOCCOC)NCCCOc1ccccc1C.I. The molecule has 0 aliphatic heterocycles. The quantitative estimate of drug-likeness (QED) is 0.215. The Kier molecular flexibility index (Phi) is 15.7. The van der Waals surface area contributed by atoms with E-state index in [-0.39, 0.29) is 24.0 Å². The number of nitrogens with one attached hydrogen (secondary N) is 2. The highest BCUT2D eigenvalue weighted by Crippen LogP contribution is 2.15. The Morgan fingerprint density at radius 2 is 1.68 bits per heavy atom. The molecule has 0 unspecified atom stereocenters. The Morgan fingerprint density at radius 3 is 2.32 bits per heavy atom. The molecular weight excluding hydrogens is 433 g/mol. The van der Waals surface area contributed by atoms with Crippen molar-refractivity contribution in [1.29, 1.82) is 0 Å². The third-order valence-corrected chi connectivity index (χ3v) is 3.38. The van der Waals surface area contributed by atoms with Gasteiger partial charge in [0.05, 0.1) is 19.8 Å². The molecule has 0 atom stereocenters. The van der Waals surface area contributed by atoms with Crippen LogP contribution in [-0.2, 0) is 9.47 Å². The topological polar surface area (TPSA) is 64.1 Å². The second-order valence-electron chi connectivity index (χ2n) is 5.35. The third-order valence-electron chi connectivity index (χ3n) is 3.38. The third kappa shape index (κ3) is 12.0. The molecule has 0 radical (unpaired) electrons. The number of aryl methyl sites for hydroxylation is 1. The summed E-state index contributed by atoms with van der Waals surface area (Å²) in [6, 6.07) is 8.06. The number of aliphatic imine (C=N–C) groups is 1. The van der Waals surface area contributed by atoms with E-state index in [2.05, 4.69) is 28.6 Å². The molecule has 1 aromatic rings. The van der Waals surface area contributed by atoms with Gasteiger partial charge in [-0.1, -0.05) is 18.2 Å². The fourth-order valence-electron chi connectivity index (χ4n) is 2.03. The van der Waals surface area contributed by atoms with Gasteiger partial charge in [-0.05, 0) is 31.4 Å². The van der Waals surface area contributed by atoms with Crippen LogP contribution in [0.4, 0.5) is 0 Å². The molecular formula is C18H32IN3O3. The van der Waals surface area contributed by atoms with E-state index in [0.29, 0.717) is 19.8 Å². The average Bonchev–Trinajstić information content (AvgIpc) is 2.60. The summed E-state index contributed by atoms with van der Waals surface area (Å²) in [6.07, 6.45) is 1.84. The number of nitrogens with zero attached hydrogens (tertiary/aromatic N) is 1. The van der Waals surface area contributed by atoms with Crippen LogP contribution in [0.1, 0.15) is 18.4 Å². The first kappa shape index (κ1) is 23.9. The minimum atomic E-state index is 0. The minimum Gasteiger partial charge on any atom is -0.493 e. The van der Waals surface area contributed by atoms with Crippen molar-refractivity contribution in [2.75, 3.05) is 53.7 Å². The summed E-state index contributed by atoms with van der Waals surface area (Å²) in [4.78, 5) is 4.20. The summed E-state index contributed by atoms with van der Waals surface area (Å²) >= 11 is 0. The smallest absolute Gasteiger partial charge is 0.190 e. The van der Waals surface area contributed by atoms with Crippen molar-refractivity contribution in [2.24, 2.45) is 4.99 Å². The van der Waals surface area contributed by atoms with Crippen LogP contribution in [-0.4, -0.2) is 59.6 Å². The van der Waals surface area contributed by atoms with E-state index in [0.717, 1.165) is 49.8 Å². The number of rotatable bonds is 12. The molecule has 7 heteroatoms. The molecule has 0 saturated carbocycles. The lowest BCUT2D eigenvalue weighted by Crippen LogP contribution is -2.38. The van der Waals surface area contributed by atoms with Gasteiger partial charge < -0.3 is 24.8 Å². The molecule has 144 valence electrons. The second kappa shape index (κ2) is 16.4. The molecule has 1 aromatic carbocycles. The number of hydrogen-bond donors (Lipinski definition) is 2. The standard InChI is InChI=1S/C18H31N3O3.HI/c1-16-8-4-5-9-17(16)24-13-7-11-21-18(19-2)20-10-6-12-23-15-14-22-3;/h4-5,8-9H,6-7,10-15H2,1-3H3,(H2,19,20,21);1H. The van der Waals surface area contributed by atoms with E-state index in [9.17, 15) is 0 Å². The van der Waals surface area contributed by atoms with Crippen molar-refractivity contribution in [2.45, 2.75) is 19.8 Å². The number of guanidine groups is 1. The van der Waals surface area contributed by atoms with Crippen molar-refractivity contribution in [1.82, 2.24) is 10.6 Å². The first-order valence-electron chi connectivity index (χ1n) is 8.47. The van der Waals surface area contributed by atoms with Crippen LogP contribution in [0.2, 0.25) is 0 Å². The van der Waals surface area contributed by atoms with Crippen molar-refractivity contribution in [3.8, 4) is 5.75 Å². The molecule has 0 fully saturated rings. The van der Waals surface area contributed by atoms with Crippen molar-refractivity contribution in [3.63, 3.8) is 0 Å². The normalized spacial score (nSPS) is 10.9. The summed E-state index contributed by atoms with van der Waals surface area (Å²) in [5.41, 5.74) is 1.16. The Bertz CT molecular complexity index is 473. The number of halogens is 1. The number of para-hydroxylation sites is 1. The van der Waals surface area contributed by atoms with Gasteiger partial charge >= 0.3 is 0 Å². The second-order valence-corrected chi connectivity index (χ2v) is 5.35. The highest BCUT2D eigenvalue weighted by Gasteiger charge is 1.99. The van der Waals surface area contributed by atoms with E-state index in [1.54, 1.807) is 14.2 Å². The summed E-state index contributed by atoms with van der Waals surface area (Å²) in [7, 11) is 3.45. The maximum Gasteiger partial charge on any atom is 0.190 e. The Labute approximate surface area is 168 Å². The van der Waals surface area contributed by atoms with Crippen LogP contribution in [0.5, 0.6) is 5.75 Å². The maximum atomic E-state index is 5.77. The van der Waals surface area contributed by atoms with E-state index >= 15 is 0 Å². The lowest BCUT2D eigenvalue weighted by molar-refractivity contribution is 0.0698. The van der Waals surface area contributed by atoms with Gasteiger partial charge in [-0.2, -0.15) is 0 Å². The van der Waals surface area contributed by atoms with E-state index < -0.39 is 0 Å². The Morgan fingerprint density at radius 1 is 1.00 bits per heavy atom. The van der Waals surface area contributed by atoms with Crippen molar-refractivity contribution in [3.05, 3.63) is 29.8 Å². The monoisotopic (exact) mass is 465 g/mol. The highest BCUT2D eigenvalue weighted by molar-refractivity contribution is 14.0. The number of benzene rings is 1. The Balaban J connectivity index is 0.00000576. The first-order chi connectivity index (χ1) is 11.8. The van der Waals surface area contributed by atoms with Gasteiger partial charge in [-0.25, -0.2) is 0 Å². The zero-order chi connectivity index (χ0) is 17.5. The molecule has 0 aliphatic rings. The molecule has 0 aliphatic carbocycles. The van der Waals surface area contributed by atoms with Crippen LogP contribution >= 0.6 is 24.0 Å². The molecule has 6 nitrogen and oxygen atoms in total. The van der Waals surface area contributed by atoms with Gasteiger partial charge in [0.15, 0.2) is 5.96 Å². The van der Waals surface area contributed by atoms with Crippen molar-refractivity contribution < 1.29 is 14.2 Å². The summed E-state index contributed by atoms with van der Waals surface area (Å²) < 4.78 is 16.1. The summed E-state index contributed by atoms with van der Waals surface area (Å²) in [6.45, 7) is 6.38. The van der Waals surface area contributed by atoms with Crippen LogP contribution in [0.15, 0.2) is 29.3 Å². The fourth-order valence-corrected chi connectivity index (χ4v) is 2.03. The zero-order valence-corrected chi connectivity index (χ0v) is 17.9. The molecule has 0 heterocycles. The minimum absolute atomic E-state index is 0. The maximum absolute atomic E-state index is 5.77. The van der Waals surface area contributed by atoms with E-state index in [4.69, 9.17) is 14.2 Å². The number of hydrogen-bond acceptors (Lipinski definition) is 4. The van der Waals surface area contributed by atoms with Crippen molar-refractivity contribution >= 4 is 29.9 Å². The fraction of sp³-hybridized carbons (Fsp3) is 0.611. The molecule has 0 bridgehead atoms. The van der Waals surface area contributed by atoms with Gasteiger partial charge in [0.25, 0.3) is 0 Å². The van der Waals surface area contributed by atoms with Crippen LogP contribution in [0, 0.1) is 6.92 Å². The number of methoxy groups -OCH3 is 1. The Hall–Kier alpha value is -1.06. The van der Waals surface area contributed by atoms with Crippen LogP contribution < -0.4 is 15.4 Å². The first-order valence-corrected chi connectivity index (χ1v) is 8.47. The van der Waals surface area contributed by atoms with E-state index in [1.165, 1.54) is 0 Å². The van der Waals surface area contributed by atoms with Gasteiger partial charge in [0.2, 0.25) is 0 Å². The van der Waals surface area contributed by atoms with Gasteiger partial charge in [0, 0.05) is 33.9 Å². The lowest BCUT2D eigenvalue weighted by Gasteiger charge is -2.13. The predicted molar refractivity (Wildman–Crippen MR) is 113 cm³/mol. The van der Waals surface area contributed by atoms with E-state index in [1.807, 2.05) is 18.2 Å². The predicted octanol–water partition coefficient (Wildman–Crippen LogP) is 2.60. The van der Waals surface area contributed by atoms with Gasteiger partial charge in [-0.15, -0.1) is 24.0 Å². The molecule has 0 spiro atoms. The molecule has 0 aromatic heterocycles. The zero-order valence-electron chi connectivity index (χ0n) is 15.5. The van der Waals surface area contributed by atoms with Crippen LogP contribution in [0.25, 0.3) is 0 Å². The lowest BCUT2D eigenvalue weighted by atomic mass is 10.2. The molecule has 25 heavy (non-hydrogen) atoms. The van der Waals surface area contributed by atoms with Gasteiger partial charge in [-0.3, -0.25) is 4.99 Å².